The number of anilines is 1. The molecule has 0 saturated carbocycles. The Morgan fingerprint density at radius 3 is 2.83 bits per heavy atom. The van der Waals surface area contributed by atoms with Gasteiger partial charge in [0.1, 0.15) is 5.75 Å². The van der Waals surface area contributed by atoms with E-state index in [4.69, 9.17) is 4.74 Å². The van der Waals surface area contributed by atoms with Gasteiger partial charge in [-0.15, -0.1) is 0 Å². The lowest BCUT2D eigenvalue weighted by Crippen LogP contribution is -2.36. The number of benzene rings is 2. The second-order valence-corrected chi connectivity index (χ2v) is 7.92. The van der Waals surface area contributed by atoms with Crippen LogP contribution in [0.1, 0.15) is 24.5 Å². The van der Waals surface area contributed by atoms with Gasteiger partial charge in [-0.05, 0) is 50.1 Å². The van der Waals surface area contributed by atoms with Crippen molar-refractivity contribution in [3.8, 4) is 5.75 Å². The summed E-state index contributed by atoms with van der Waals surface area (Å²) in [6.45, 7) is 6.41. The lowest BCUT2D eigenvalue weighted by molar-refractivity contribution is 0.206. The first-order valence-electron chi connectivity index (χ1n) is 10.1. The van der Waals surface area contributed by atoms with Gasteiger partial charge in [-0.1, -0.05) is 34.1 Å². The van der Waals surface area contributed by atoms with Crippen LogP contribution in [-0.2, 0) is 13.1 Å². The highest BCUT2D eigenvalue weighted by Crippen LogP contribution is 2.23. The van der Waals surface area contributed by atoms with Crippen LogP contribution in [-0.4, -0.2) is 33.6 Å². The van der Waals surface area contributed by atoms with Gasteiger partial charge in [-0.2, -0.15) is 0 Å². The maximum atomic E-state index is 13.2. The molecule has 1 N–H and O–H groups in total. The van der Waals surface area contributed by atoms with Crippen LogP contribution in [0, 0.1) is 6.92 Å². The van der Waals surface area contributed by atoms with Gasteiger partial charge in [-0.3, -0.25) is 0 Å². The summed E-state index contributed by atoms with van der Waals surface area (Å²) in [5, 5.41) is 3.06. The summed E-state index contributed by atoms with van der Waals surface area (Å²) >= 11 is 3.47. The van der Waals surface area contributed by atoms with E-state index < -0.39 is 0 Å². The number of nitrogens with zero attached hydrogens (tertiary/aromatic N) is 3. The monoisotopic (exact) mass is 470 g/mol. The molecule has 6 nitrogen and oxygen atoms in total. The topological polar surface area (TPSA) is 59.4 Å². The first kappa shape index (κ1) is 21.9. The normalized spacial score (nSPS) is 10.6. The minimum Gasteiger partial charge on any atom is -0.494 e. The maximum absolute atomic E-state index is 13.2. The molecule has 1 heterocycles. The number of carbonyl (C=O) groups excluding carboxylic acids is 1. The molecule has 1 aromatic heterocycles. The van der Waals surface area contributed by atoms with Crippen LogP contribution in [0.5, 0.6) is 5.75 Å². The minimum absolute atomic E-state index is 0.127. The second-order valence-electron chi connectivity index (χ2n) is 7.01. The molecule has 3 aromatic rings. The third-order valence-corrected chi connectivity index (χ3v) is 5.25. The highest BCUT2D eigenvalue weighted by atomic mass is 79.9. The van der Waals surface area contributed by atoms with Crippen molar-refractivity contribution in [2.75, 3.05) is 18.5 Å². The van der Waals surface area contributed by atoms with Gasteiger partial charge in [0.05, 0.1) is 19.5 Å². The Labute approximate surface area is 186 Å². The number of carbonyl (C=O) groups is 1. The van der Waals surface area contributed by atoms with Gasteiger partial charge < -0.3 is 19.5 Å². The van der Waals surface area contributed by atoms with E-state index in [2.05, 4.69) is 26.2 Å². The number of imidazole rings is 1. The van der Waals surface area contributed by atoms with E-state index >= 15 is 0 Å². The van der Waals surface area contributed by atoms with Crippen molar-refractivity contribution in [2.24, 2.45) is 0 Å². The number of halogens is 1. The molecule has 0 bridgehead atoms. The molecule has 3 rings (SSSR count). The van der Waals surface area contributed by atoms with Gasteiger partial charge in [0.15, 0.2) is 0 Å². The average molecular weight is 471 g/mol. The Morgan fingerprint density at radius 2 is 2.10 bits per heavy atom. The molecule has 2 amide bonds. The van der Waals surface area contributed by atoms with E-state index in [0.29, 0.717) is 19.7 Å². The number of amides is 2. The van der Waals surface area contributed by atoms with Crippen molar-refractivity contribution in [1.29, 1.82) is 0 Å². The SMILES string of the molecule is CCOc1ccccc1CN(CCCn1ccnc1)C(=O)Nc1ccc(Br)cc1C. The third kappa shape index (κ3) is 6.10. The number of rotatable bonds is 9. The molecular weight excluding hydrogens is 444 g/mol. The predicted molar refractivity (Wildman–Crippen MR) is 123 cm³/mol. The Balaban J connectivity index is 1.74. The van der Waals surface area contributed by atoms with Crippen molar-refractivity contribution < 1.29 is 9.53 Å². The first-order chi connectivity index (χ1) is 14.6. The van der Waals surface area contributed by atoms with Gasteiger partial charge in [-0.25, -0.2) is 9.78 Å². The van der Waals surface area contributed by atoms with E-state index in [1.165, 1.54) is 0 Å². The van der Waals surface area contributed by atoms with Gasteiger partial charge in [0.25, 0.3) is 0 Å². The van der Waals surface area contributed by atoms with Crippen LogP contribution in [0.4, 0.5) is 10.5 Å². The molecule has 0 atom stereocenters. The molecule has 30 heavy (non-hydrogen) atoms. The van der Waals surface area contributed by atoms with Crippen molar-refractivity contribution in [1.82, 2.24) is 14.5 Å². The maximum Gasteiger partial charge on any atom is 0.322 e. The Morgan fingerprint density at radius 1 is 1.27 bits per heavy atom. The van der Waals surface area contributed by atoms with Crippen LogP contribution >= 0.6 is 15.9 Å². The summed E-state index contributed by atoms with van der Waals surface area (Å²) in [5.41, 5.74) is 2.80. The van der Waals surface area contributed by atoms with Crippen LogP contribution in [0.3, 0.4) is 0 Å². The van der Waals surface area contributed by atoms with Crippen LogP contribution in [0.2, 0.25) is 0 Å². The van der Waals surface area contributed by atoms with Crippen LogP contribution in [0.15, 0.2) is 65.7 Å². The number of ether oxygens (including phenoxy) is 1. The smallest absolute Gasteiger partial charge is 0.322 e. The highest BCUT2D eigenvalue weighted by molar-refractivity contribution is 9.10. The van der Waals surface area contributed by atoms with Gasteiger partial charge in [0, 0.05) is 41.2 Å². The van der Waals surface area contributed by atoms with E-state index in [1.807, 2.05) is 72.0 Å². The Hall–Kier alpha value is -2.80. The molecule has 0 radical (unpaired) electrons. The standard InChI is InChI=1S/C23H27BrN4O2/c1-3-30-22-8-5-4-7-19(22)16-28(13-6-12-27-14-11-25-17-27)23(29)26-21-10-9-20(24)15-18(21)2/h4-5,7-11,14-15,17H,3,6,12-13,16H2,1-2H3,(H,26,29). The van der Waals surface area contributed by atoms with Crippen molar-refractivity contribution in [2.45, 2.75) is 33.4 Å². The molecule has 0 aliphatic rings. The predicted octanol–water partition coefficient (Wildman–Crippen LogP) is 5.48. The third-order valence-electron chi connectivity index (χ3n) is 4.75. The van der Waals surface area contributed by atoms with Crippen molar-refractivity contribution >= 4 is 27.6 Å². The molecule has 0 aliphatic carbocycles. The lowest BCUT2D eigenvalue weighted by Gasteiger charge is -2.25. The number of aromatic nitrogens is 2. The molecule has 0 saturated heterocycles. The zero-order chi connectivity index (χ0) is 21.3. The number of hydrogen-bond donors (Lipinski definition) is 1. The Kier molecular flexibility index (Phi) is 7.90. The van der Waals surface area contributed by atoms with Crippen molar-refractivity contribution in [3.63, 3.8) is 0 Å². The van der Waals surface area contributed by atoms with E-state index in [0.717, 1.165) is 40.0 Å². The number of aryl methyl sites for hydroxylation is 2. The summed E-state index contributed by atoms with van der Waals surface area (Å²) in [6, 6.07) is 13.6. The molecule has 7 heteroatoms. The largest absolute Gasteiger partial charge is 0.494 e. The summed E-state index contributed by atoms with van der Waals surface area (Å²) in [7, 11) is 0. The summed E-state index contributed by atoms with van der Waals surface area (Å²) in [4.78, 5) is 19.1. The van der Waals surface area contributed by atoms with E-state index in [1.54, 1.807) is 12.5 Å². The summed E-state index contributed by atoms with van der Waals surface area (Å²) in [6.07, 6.45) is 6.30. The summed E-state index contributed by atoms with van der Waals surface area (Å²) < 4.78 is 8.76. The lowest BCUT2D eigenvalue weighted by atomic mass is 10.2. The molecule has 0 spiro atoms. The first-order valence-corrected chi connectivity index (χ1v) is 10.8. The molecule has 158 valence electrons. The molecule has 0 aliphatic heterocycles. The van der Waals surface area contributed by atoms with Gasteiger partial charge in [0.2, 0.25) is 0 Å². The molecule has 2 aromatic carbocycles. The number of nitrogens with one attached hydrogen (secondary N) is 1. The Bertz CT molecular complexity index is 960. The zero-order valence-corrected chi connectivity index (χ0v) is 18.9. The van der Waals surface area contributed by atoms with Gasteiger partial charge >= 0.3 is 6.03 Å². The second kappa shape index (κ2) is 10.8. The van der Waals surface area contributed by atoms with E-state index in [9.17, 15) is 4.79 Å². The number of hydrogen-bond acceptors (Lipinski definition) is 3. The number of para-hydroxylation sites is 1. The quantitative estimate of drug-likeness (QED) is 0.450. The average Bonchev–Trinajstić information content (AvgIpc) is 3.24. The summed E-state index contributed by atoms with van der Waals surface area (Å²) in [5.74, 6) is 0.812. The minimum atomic E-state index is -0.127. The highest BCUT2D eigenvalue weighted by Gasteiger charge is 2.17. The zero-order valence-electron chi connectivity index (χ0n) is 17.3. The fourth-order valence-electron chi connectivity index (χ4n) is 3.21. The molecular formula is C23H27BrN4O2. The van der Waals surface area contributed by atoms with Crippen molar-refractivity contribution in [3.05, 3.63) is 76.8 Å². The van der Waals surface area contributed by atoms with Crippen LogP contribution < -0.4 is 10.1 Å². The molecule has 0 fully saturated rings. The molecule has 0 unspecified atom stereocenters. The fourth-order valence-corrected chi connectivity index (χ4v) is 3.69. The fraction of sp³-hybridized carbons (Fsp3) is 0.304. The number of urea groups is 1. The van der Waals surface area contributed by atoms with Crippen LogP contribution in [0.25, 0.3) is 0 Å². The van der Waals surface area contributed by atoms with E-state index in [-0.39, 0.29) is 6.03 Å².